The van der Waals surface area contributed by atoms with Crippen molar-refractivity contribution in [1.29, 1.82) is 0 Å². The van der Waals surface area contributed by atoms with Gasteiger partial charge >= 0.3 is 0 Å². The van der Waals surface area contributed by atoms with Gasteiger partial charge in [0.15, 0.2) is 0 Å². The molecule has 1 heterocycles. The Balaban J connectivity index is 2.19. The number of carbonyl (C=O) groups is 1. The van der Waals surface area contributed by atoms with Crippen LogP contribution in [-0.4, -0.2) is 21.4 Å². The summed E-state index contributed by atoms with van der Waals surface area (Å²) < 4.78 is 32.2. The molecule has 0 saturated carbocycles. The molecule has 2 aromatic carbocycles. The Labute approximate surface area is 141 Å². The van der Waals surface area contributed by atoms with Crippen LogP contribution in [0, 0.1) is 6.92 Å². The van der Waals surface area contributed by atoms with Gasteiger partial charge in [0.1, 0.15) is 5.75 Å². The number of carbonyl (C=O) groups excluding carboxylic acids is 1. The van der Waals surface area contributed by atoms with Gasteiger partial charge in [0.25, 0.3) is 15.9 Å². The molecular weight excluding hydrogens is 326 g/mol. The highest BCUT2D eigenvalue weighted by Crippen LogP contribution is 2.45. The maximum atomic E-state index is 13.0. The second kappa shape index (κ2) is 5.34. The second-order valence-corrected chi connectivity index (χ2v) is 8.18. The van der Waals surface area contributed by atoms with Crippen molar-refractivity contribution in [2.24, 2.45) is 0 Å². The van der Waals surface area contributed by atoms with Crippen molar-refractivity contribution in [1.82, 2.24) is 0 Å². The number of rotatable bonds is 3. The number of methoxy groups -OCH3 is 1. The molecule has 24 heavy (non-hydrogen) atoms. The summed E-state index contributed by atoms with van der Waals surface area (Å²) in [6.07, 6.45) is 0. The van der Waals surface area contributed by atoms with Gasteiger partial charge in [-0.25, -0.2) is 12.7 Å². The normalized spacial score (nSPS) is 16.2. The number of ether oxygens (including phenoxy) is 1. The minimum absolute atomic E-state index is 0.0981. The van der Waals surface area contributed by atoms with Crippen molar-refractivity contribution >= 4 is 21.6 Å². The Morgan fingerprint density at radius 2 is 1.67 bits per heavy atom. The SMILES string of the molecule is COc1ccc2c(c1)C(C)(C)C(=O)N2S(=O)(=O)c1ccc(C)cc1. The summed E-state index contributed by atoms with van der Waals surface area (Å²) in [5.41, 5.74) is 1.03. The Kier molecular flexibility index (Phi) is 3.68. The third-order valence-corrected chi connectivity index (χ3v) is 6.09. The predicted molar refractivity (Wildman–Crippen MR) is 91.9 cm³/mol. The van der Waals surface area contributed by atoms with Crippen molar-refractivity contribution < 1.29 is 17.9 Å². The van der Waals surface area contributed by atoms with E-state index in [0.29, 0.717) is 17.0 Å². The number of aryl methyl sites for hydroxylation is 1. The molecule has 0 radical (unpaired) electrons. The van der Waals surface area contributed by atoms with Crippen LogP contribution in [0.25, 0.3) is 0 Å². The van der Waals surface area contributed by atoms with Gasteiger partial charge in [-0.05, 0) is 56.7 Å². The average Bonchev–Trinajstić information content (AvgIpc) is 2.75. The zero-order valence-corrected chi connectivity index (χ0v) is 14.8. The lowest BCUT2D eigenvalue weighted by Gasteiger charge is -2.20. The van der Waals surface area contributed by atoms with E-state index in [1.54, 1.807) is 44.2 Å². The summed E-state index contributed by atoms with van der Waals surface area (Å²) in [5, 5.41) is 0. The highest BCUT2D eigenvalue weighted by molar-refractivity contribution is 7.93. The van der Waals surface area contributed by atoms with Crippen LogP contribution in [0.4, 0.5) is 5.69 Å². The maximum absolute atomic E-state index is 13.0. The van der Waals surface area contributed by atoms with Crippen LogP contribution >= 0.6 is 0 Å². The zero-order chi connectivity index (χ0) is 17.7. The van der Waals surface area contributed by atoms with E-state index in [1.165, 1.54) is 19.2 Å². The summed E-state index contributed by atoms with van der Waals surface area (Å²) in [6, 6.07) is 11.5. The number of amides is 1. The monoisotopic (exact) mass is 345 g/mol. The molecule has 0 spiro atoms. The molecule has 0 bridgehead atoms. The number of hydrogen-bond donors (Lipinski definition) is 0. The smallest absolute Gasteiger partial charge is 0.270 e. The van der Waals surface area contributed by atoms with Crippen molar-refractivity contribution in [3.05, 3.63) is 53.6 Å². The zero-order valence-electron chi connectivity index (χ0n) is 14.0. The van der Waals surface area contributed by atoms with Crippen LogP contribution in [0.3, 0.4) is 0 Å². The molecule has 126 valence electrons. The first-order valence-electron chi connectivity index (χ1n) is 7.54. The molecule has 0 atom stereocenters. The van der Waals surface area contributed by atoms with E-state index in [4.69, 9.17) is 4.74 Å². The third-order valence-electron chi connectivity index (χ3n) is 4.37. The largest absolute Gasteiger partial charge is 0.497 e. The second-order valence-electron chi connectivity index (χ2n) is 6.40. The summed E-state index contributed by atoms with van der Waals surface area (Å²) in [4.78, 5) is 13.0. The fourth-order valence-electron chi connectivity index (χ4n) is 2.85. The predicted octanol–water partition coefficient (Wildman–Crippen LogP) is 3.02. The minimum Gasteiger partial charge on any atom is -0.497 e. The van der Waals surface area contributed by atoms with E-state index >= 15 is 0 Å². The number of benzene rings is 2. The lowest BCUT2D eigenvalue weighted by atomic mass is 9.86. The van der Waals surface area contributed by atoms with E-state index in [2.05, 4.69) is 0 Å². The molecular formula is C18H19NO4S. The van der Waals surface area contributed by atoms with Crippen molar-refractivity contribution in [3.63, 3.8) is 0 Å². The molecule has 2 aromatic rings. The molecule has 0 fully saturated rings. The molecule has 6 heteroatoms. The van der Waals surface area contributed by atoms with Crippen LogP contribution < -0.4 is 9.04 Å². The van der Waals surface area contributed by atoms with Crippen LogP contribution in [0.2, 0.25) is 0 Å². The Bertz CT molecular complexity index is 915. The summed E-state index contributed by atoms with van der Waals surface area (Å²) >= 11 is 0. The van der Waals surface area contributed by atoms with Crippen LogP contribution in [0.15, 0.2) is 47.4 Å². The van der Waals surface area contributed by atoms with Crippen LogP contribution in [-0.2, 0) is 20.2 Å². The molecule has 0 saturated heterocycles. The molecule has 0 aromatic heterocycles. The number of anilines is 1. The van der Waals surface area contributed by atoms with Gasteiger partial charge in [0, 0.05) is 0 Å². The van der Waals surface area contributed by atoms with Crippen LogP contribution in [0.1, 0.15) is 25.0 Å². The van der Waals surface area contributed by atoms with Gasteiger partial charge in [0.2, 0.25) is 0 Å². The molecule has 0 N–H and O–H groups in total. The summed E-state index contributed by atoms with van der Waals surface area (Å²) in [7, 11) is -2.43. The highest BCUT2D eigenvalue weighted by Gasteiger charge is 2.49. The van der Waals surface area contributed by atoms with Gasteiger partial charge in [-0.15, -0.1) is 0 Å². The molecule has 1 aliphatic rings. The van der Waals surface area contributed by atoms with E-state index < -0.39 is 21.3 Å². The summed E-state index contributed by atoms with van der Waals surface area (Å²) in [6.45, 7) is 5.32. The first-order valence-corrected chi connectivity index (χ1v) is 8.98. The number of sulfonamides is 1. The molecule has 3 rings (SSSR count). The molecule has 0 aliphatic carbocycles. The van der Waals surface area contributed by atoms with Crippen molar-refractivity contribution in [2.75, 3.05) is 11.4 Å². The van der Waals surface area contributed by atoms with Gasteiger partial charge in [-0.2, -0.15) is 0 Å². The third kappa shape index (κ3) is 2.29. The lowest BCUT2D eigenvalue weighted by Crippen LogP contribution is -2.40. The first-order chi connectivity index (χ1) is 11.2. The fourth-order valence-corrected chi connectivity index (χ4v) is 4.41. The minimum atomic E-state index is -3.97. The van der Waals surface area contributed by atoms with Crippen molar-refractivity contribution in [2.45, 2.75) is 31.1 Å². The lowest BCUT2D eigenvalue weighted by molar-refractivity contribution is -0.120. The van der Waals surface area contributed by atoms with Gasteiger partial charge < -0.3 is 4.74 Å². The van der Waals surface area contributed by atoms with E-state index in [-0.39, 0.29) is 4.90 Å². The van der Waals surface area contributed by atoms with E-state index in [0.717, 1.165) is 9.87 Å². The fraction of sp³-hybridized carbons (Fsp3) is 0.278. The summed E-state index contributed by atoms with van der Waals surface area (Å²) in [5.74, 6) is 0.121. The quantitative estimate of drug-likeness (QED) is 0.858. The standard InChI is InChI=1S/C18H19NO4S/c1-12-5-8-14(9-6-12)24(21,22)19-16-10-7-13(23-4)11-15(16)18(2,3)17(19)20/h5-11H,1-4H3. The number of nitrogens with zero attached hydrogens (tertiary/aromatic N) is 1. The van der Waals surface area contributed by atoms with Gasteiger partial charge in [-0.3, -0.25) is 4.79 Å². The average molecular weight is 345 g/mol. The molecule has 1 aliphatic heterocycles. The molecule has 5 nitrogen and oxygen atoms in total. The van der Waals surface area contributed by atoms with Crippen molar-refractivity contribution in [3.8, 4) is 5.75 Å². The van der Waals surface area contributed by atoms with Crippen LogP contribution in [0.5, 0.6) is 5.75 Å². The molecule has 0 unspecified atom stereocenters. The van der Waals surface area contributed by atoms with E-state index in [9.17, 15) is 13.2 Å². The van der Waals surface area contributed by atoms with Gasteiger partial charge in [-0.1, -0.05) is 17.7 Å². The maximum Gasteiger partial charge on any atom is 0.270 e. The Morgan fingerprint density at radius 3 is 2.25 bits per heavy atom. The number of hydrogen-bond acceptors (Lipinski definition) is 4. The Morgan fingerprint density at radius 1 is 1.04 bits per heavy atom. The first kappa shape index (κ1) is 16.5. The van der Waals surface area contributed by atoms with Gasteiger partial charge in [0.05, 0.1) is 23.1 Å². The topological polar surface area (TPSA) is 63.7 Å². The van der Waals surface area contributed by atoms with E-state index in [1.807, 2.05) is 6.92 Å². The molecule has 1 amide bonds. The highest BCUT2D eigenvalue weighted by atomic mass is 32.2. The Hall–Kier alpha value is -2.34. The number of fused-ring (bicyclic) bond motifs is 1.